The van der Waals surface area contributed by atoms with Gasteiger partial charge >= 0.3 is 0 Å². The predicted molar refractivity (Wildman–Crippen MR) is 89.9 cm³/mol. The van der Waals surface area contributed by atoms with Crippen LogP contribution < -0.4 is 10.6 Å². The molecule has 0 saturated carbocycles. The Hall–Kier alpha value is -3.02. The summed E-state index contributed by atoms with van der Waals surface area (Å²) in [5.74, 6) is 2.28. The molecule has 2 N–H and O–H groups in total. The molecule has 0 fully saturated rings. The van der Waals surface area contributed by atoms with Crippen molar-refractivity contribution in [3.63, 3.8) is 0 Å². The van der Waals surface area contributed by atoms with Crippen LogP contribution in [0.4, 0.5) is 11.6 Å². The van der Waals surface area contributed by atoms with Crippen LogP contribution in [0.25, 0.3) is 0 Å². The van der Waals surface area contributed by atoms with E-state index in [4.69, 9.17) is 0 Å². The Morgan fingerprint density at radius 1 is 0.870 bits per heavy atom. The van der Waals surface area contributed by atoms with Gasteiger partial charge in [-0.3, -0.25) is 9.97 Å². The SMILES string of the molecule is Cc1nc(NCc2ccncc2)cc(NCc2ccccn2)n1. The molecular weight excluding hydrogens is 288 g/mol. The average Bonchev–Trinajstić information content (AvgIpc) is 2.60. The van der Waals surface area contributed by atoms with Crippen molar-refractivity contribution < 1.29 is 0 Å². The third-order valence-corrected chi connectivity index (χ3v) is 3.24. The van der Waals surface area contributed by atoms with Crippen LogP contribution in [-0.4, -0.2) is 19.9 Å². The van der Waals surface area contributed by atoms with Crippen LogP contribution >= 0.6 is 0 Å². The number of nitrogens with one attached hydrogen (secondary N) is 2. The van der Waals surface area contributed by atoms with Gasteiger partial charge in [-0.15, -0.1) is 0 Å². The van der Waals surface area contributed by atoms with Crippen molar-refractivity contribution in [3.05, 3.63) is 72.1 Å². The van der Waals surface area contributed by atoms with Gasteiger partial charge < -0.3 is 10.6 Å². The summed E-state index contributed by atoms with van der Waals surface area (Å²) in [4.78, 5) is 17.1. The number of aryl methyl sites for hydroxylation is 1. The molecule has 3 rings (SSSR count). The normalized spacial score (nSPS) is 10.3. The van der Waals surface area contributed by atoms with E-state index in [1.807, 2.05) is 43.3 Å². The minimum absolute atomic E-state index is 0.626. The topological polar surface area (TPSA) is 75.6 Å². The lowest BCUT2D eigenvalue weighted by Crippen LogP contribution is -2.07. The molecule has 6 nitrogen and oxygen atoms in total. The fourth-order valence-electron chi connectivity index (χ4n) is 2.13. The third-order valence-electron chi connectivity index (χ3n) is 3.24. The number of hydrogen-bond acceptors (Lipinski definition) is 6. The fraction of sp³-hybridized carbons (Fsp3) is 0.176. The number of nitrogens with zero attached hydrogens (tertiary/aromatic N) is 4. The third kappa shape index (κ3) is 4.47. The number of hydrogen-bond donors (Lipinski definition) is 2. The van der Waals surface area contributed by atoms with Crippen molar-refractivity contribution >= 4 is 11.6 Å². The highest BCUT2D eigenvalue weighted by Gasteiger charge is 2.02. The van der Waals surface area contributed by atoms with E-state index in [9.17, 15) is 0 Å². The molecule has 3 aromatic rings. The second-order valence-electron chi connectivity index (χ2n) is 5.07. The van der Waals surface area contributed by atoms with E-state index < -0.39 is 0 Å². The van der Waals surface area contributed by atoms with Crippen molar-refractivity contribution in [3.8, 4) is 0 Å². The average molecular weight is 306 g/mol. The molecule has 3 heterocycles. The molecule has 116 valence electrons. The molecule has 0 spiro atoms. The summed E-state index contributed by atoms with van der Waals surface area (Å²) in [7, 11) is 0. The van der Waals surface area contributed by atoms with E-state index in [2.05, 4.69) is 30.6 Å². The van der Waals surface area contributed by atoms with Gasteiger partial charge in [0, 0.05) is 31.2 Å². The maximum Gasteiger partial charge on any atom is 0.132 e. The Bertz CT molecular complexity index is 684. The standard InChI is InChI=1S/C17H18N6/c1-13-22-16(20-11-14-5-8-18-9-6-14)10-17(23-13)21-12-15-4-2-3-7-19-15/h2-10H,11-12H2,1H3,(H2,20,21,22,23). The number of aromatic nitrogens is 4. The van der Waals surface area contributed by atoms with Crippen molar-refractivity contribution in [1.29, 1.82) is 0 Å². The first-order valence-electron chi connectivity index (χ1n) is 7.42. The van der Waals surface area contributed by atoms with Crippen LogP contribution in [0.2, 0.25) is 0 Å². The summed E-state index contributed by atoms with van der Waals surface area (Å²) in [6, 6.07) is 11.7. The maximum absolute atomic E-state index is 4.41. The zero-order valence-electron chi connectivity index (χ0n) is 12.9. The Kier molecular flexibility index (Phi) is 4.73. The predicted octanol–water partition coefficient (Wildman–Crippen LogP) is 2.80. The van der Waals surface area contributed by atoms with Crippen LogP contribution in [0.5, 0.6) is 0 Å². The Labute approximate surface area is 135 Å². The van der Waals surface area contributed by atoms with Crippen LogP contribution in [0.15, 0.2) is 55.0 Å². The molecule has 0 unspecified atom stereocenters. The van der Waals surface area contributed by atoms with Crippen molar-refractivity contribution in [2.45, 2.75) is 20.0 Å². The highest BCUT2D eigenvalue weighted by atomic mass is 15.1. The van der Waals surface area contributed by atoms with Gasteiger partial charge in [-0.05, 0) is 36.8 Å². The van der Waals surface area contributed by atoms with Gasteiger partial charge in [0.15, 0.2) is 0 Å². The smallest absolute Gasteiger partial charge is 0.132 e. The number of anilines is 2. The Balaban J connectivity index is 1.64. The van der Waals surface area contributed by atoms with E-state index in [-0.39, 0.29) is 0 Å². The highest BCUT2D eigenvalue weighted by molar-refractivity contribution is 5.48. The molecule has 0 aliphatic heterocycles. The fourth-order valence-corrected chi connectivity index (χ4v) is 2.13. The van der Waals surface area contributed by atoms with E-state index in [0.717, 1.165) is 22.9 Å². The first kappa shape index (κ1) is 14.9. The molecule has 0 aliphatic carbocycles. The molecule has 0 bridgehead atoms. The Morgan fingerprint density at radius 3 is 2.30 bits per heavy atom. The minimum atomic E-state index is 0.626. The molecule has 0 atom stereocenters. The number of rotatable bonds is 6. The quantitative estimate of drug-likeness (QED) is 0.729. The van der Waals surface area contributed by atoms with Crippen molar-refractivity contribution in [1.82, 2.24) is 19.9 Å². The Morgan fingerprint density at radius 2 is 1.61 bits per heavy atom. The van der Waals surface area contributed by atoms with Gasteiger partial charge in [0.25, 0.3) is 0 Å². The zero-order valence-corrected chi connectivity index (χ0v) is 12.9. The molecule has 3 aromatic heterocycles. The summed E-state index contributed by atoms with van der Waals surface area (Å²) in [5, 5.41) is 6.58. The zero-order chi connectivity index (χ0) is 15.9. The first-order chi connectivity index (χ1) is 11.3. The van der Waals surface area contributed by atoms with Gasteiger partial charge in [0.05, 0.1) is 12.2 Å². The van der Waals surface area contributed by atoms with E-state index in [1.54, 1.807) is 18.6 Å². The monoisotopic (exact) mass is 306 g/mol. The number of pyridine rings is 2. The van der Waals surface area contributed by atoms with Crippen molar-refractivity contribution in [2.24, 2.45) is 0 Å². The van der Waals surface area contributed by atoms with E-state index >= 15 is 0 Å². The lowest BCUT2D eigenvalue weighted by atomic mass is 10.3. The van der Waals surface area contributed by atoms with Crippen LogP contribution in [0, 0.1) is 6.92 Å². The molecule has 0 saturated heterocycles. The van der Waals surface area contributed by atoms with E-state index in [1.165, 1.54) is 0 Å². The van der Waals surface area contributed by atoms with Crippen LogP contribution in [0.3, 0.4) is 0 Å². The highest BCUT2D eigenvalue weighted by Crippen LogP contribution is 2.13. The summed E-state index contributed by atoms with van der Waals surface area (Å²) in [5.41, 5.74) is 2.12. The first-order valence-corrected chi connectivity index (χ1v) is 7.42. The van der Waals surface area contributed by atoms with Crippen LogP contribution in [-0.2, 0) is 13.1 Å². The molecule has 23 heavy (non-hydrogen) atoms. The maximum atomic E-state index is 4.41. The summed E-state index contributed by atoms with van der Waals surface area (Å²) in [6.45, 7) is 3.20. The van der Waals surface area contributed by atoms with Crippen molar-refractivity contribution in [2.75, 3.05) is 10.6 Å². The molecule has 0 radical (unpaired) electrons. The molecule has 0 aromatic carbocycles. The van der Waals surface area contributed by atoms with Crippen LogP contribution in [0.1, 0.15) is 17.1 Å². The lowest BCUT2D eigenvalue weighted by molar-refractivity contribution is 0.984. The van der Waals surface area contributed by atoms with Gasteiger partial charge in [0.1, 0.15) is 17.5 Å². The molecule has 0 aliphatic rings. The largest absolute Gasteiger partial charge is 0.366 e. The lowest BCUT2D eigenvalue weighted by Gasteiger charge is -2.10. The van der Waals surface area contributed by atoms with Gasteiger partial charge in [0.2, 0.25) is 0 Å². The van der Waals surface area contributed by atoms with Gasteiger partial charge in [-0.2, -0.15) is 0 Å². The summed E-state index contributed by atoms with van der Waals surface area (Å²) < 4.78 is 0. The molecule has 6 heteroatoms. The van der Waals surface area contributed by atoms with E-state index in [0.29, 0.717) is 18.9 Å². The second-order valence-corrected chi connectivity index (χ2v) is 5.07. The second kappa shape index (κ2) is 7.31. The molecule has 0 amide bonds. The summed E-state index contributed by atoms with van der Waals surface area (Å²) in [6.07, 6.45) is 5.34. The summed E-state index contributed by atoms with van der Waals surface area (Å²) >= 11 is 0. The van der Waals surface area contributed by atoms with Gasteiger partial charge in [-0.25, -0.2) is 9.97 Å². The van der Waals surface area contributed by atoms with Gasteiger partial charge in [-0.1, -0.05) is 6.07 Å². The minimum Gasteiger partial charge on any atom is -0.366 e. The molecular formula is C17H18N6.